The molecule has 1 aromatic rings. The summed E-state index contributed by atoms with van der Waals surface area (Å²) in [6, 6.07) is 0.142. The molecule has 3 nitrogen and oxygen atoms in total. The molecular weight excluding hydrogens is 254 g/mol. The predicted molar refractivity (Wildman–Crippen MR) is 84.8 cm³/mol. The van der Waals surface area contributed by atoms with Crippen LogP contribution in [0.5, 0.6) is 0 Å². The van der Waals surface area contributed by atoms with E-state index in [1.807, 2.05) is 0 Å². The van der Waals surface area contributed by atoms with Gasteiger partial charge < -0.3 is 5.73 Å². The molecule has 0 aliphatic heterocycles. The fraction of sp³-hybridized carbons (Fsp3) is 0.800. The van der Waals surface area contributed by atoms with E-state index in [2.05, 4.69) is 49.9 Å². The van der Waals surface area contributed by atoms with E-state index in [0.29, 0.717) is 0 Å². The van der Waals surface area contributed by atoms with Crippen LogP contribution in [-0.2, 0) is 6.42 Å². The highest BCUT2D eigenvalue weighted by Gasteiger charge is 2.37. The normalized spacial score (nSPS) is 14.1. The Labute approximate surface area is 122 Å². The zero-order valence-corrected chi connectivity index (χ0v) is 13.9. The number of thiazole rings is 1. The summed E-state index contributed by atoms with van der Waals surface area (Å²) in [5.41, 5.74) is 7.84. The average Bonchev–Trinajstić information content (AvgIpc) is 2.81. The molecule has 0 fully saturated rings. The van der Waals surface area contributed by atoms with Crippen molar-refractivity contribution in [2.24, 2.45) is 5.73 Å². The van der Waals surface area contributed by atoms with E-state index in [-0.39, 0.29) is 11.6 Å². The summed E-state index contributed by atoms with van der Waals surface area (Å²) in [6.45, 7) is 13.1. The number of nitrogens with zero attached hydrogens (tertiary/aromatic N) is 2. The molecule has 0 radical (unpaired) electrons. The van der Waals surface area contributed by atoms with Crippen molar-refractivity contribution in [2.45, 2.75) is 65.5 Å². The van der Waals surface area contributed by atoms with Crippen molar-refractivity contribution < 1.29 is 0 Å². The van der Waals surface area contributed by atoms with Crippen LogP contribution < -0.4 is 5.73 Å². The van der Waals surface area contributed by atoms with Crippen LogP contribution in [0.15, 0.2) is 5.38 Å². The average molecular weight is 283 g/mol. The van der Waals surface area contributed by atoms with Gasteiger partial charge in [-0.25, -0.2) is 4.98 Å². The number of aryl methyl sites for hydroxylation is 1. The molecule has 0 aliphatic carbocycles. The van der Waals surface area contributed by atoms with Crippen LogP contribution in [-0.4, -0.2) is 34.6 Å². The zero-order chi connectivity index (χ0) is 14.5. The maximum absolute atomic E-state index is 6.59. The van der Waals surface area contributed by atoms with E-state index in [1.165, 1.54) is 0 Å². The molecule has 0 saturated heterocycles. The second-order valence-corrected chi connectivity index (χ2v) is 6.21. The van der Waals surface area contributed by atoms with Gasteiger partial charge in [0, 0.05) is 23.4 Å². The molecule has 0 bridgehead atoms. The molecule has 0 spiro atoms. The van der Waals surface area contributed by atoms with Crippen molar-refractivity contribution in [2.75, 3.05) is 13.1 Å². The molecule has 110 valence electrons. The van der Waals surface area contributed by atoms with Crippen molar-refractivity contribution in [1.29, 1.82) is 0 Å². The monoisotopic (exact) mass is 283 g/mol. The summed E-state index contributed by atoms with van der Waals surface area (Å²) in [5, 5.41) is 3.27. The lowest BCUT2D eigenvalue weighted by atomic mass is 9.81. The van der Waals surface area contributed by atoms with E-state index in [0.717, 1.165) is 43.1 Å². The number of hydrogen-bond donors (Lipinski definition) is 1. The SMILES string of the molecule is CCN(CC)C(CC)(CC)C(N)Cc1csc(C)n1. The zero-order valence-electron chi connectivity index (χ0n) is 13.1. The van der Waals surface area contributed by atoms with Crippen molar-refractivity contribution in [3.63, 3.8) is 0 Å². The van der Waals surface area contributed by atoms with Crippen LogP contribution in [0.4, 0.5) is 0 Å². The summed E-state index contributed by atoms with van der Waals surface area (Å²) in [7, 11) is 0. The number of hydrogen-bond acceptors (Lipinski definition) is 4. The van der Waals surface area contributed by atoms with Crippen molar-refractivity contribution in [3.8, 4) is 0 Å². The Morgan fingerprint density at radius 3 is 2.21 bits per heavy atom. The minimum absolute atomic E-state index is 0.0982. The Bertz CT molecular complexity index is 367. The third-order valence-electron chi connectivity index (χ3n) is 4.40. The number of aromatic nitrogens is 1. The van der Waals surface area contributed by atoms with E-state index < -0.39 is 0 Å². The molecule has 0 aliphatic rings. The minimum atomic E-state index is 0.0982. The highest BCUT2D eigenvalue weighted by Crippen LogP contribution is 2.29. The van der Waals surface area contributed by atoms with Gasteiger partial charge in [0.2, 0.25) is 0 Å². The number of likely N-dealkylation sites (N-methyl/N-ethyl adjacent to an activating group) is 1. The van der Waals surface area contributed by atoms with Crippen LogP contribution >= 0.6 is 11.3 Å². The third-order valence-corrected chi connectivity index (χ3v) is 5.23. The molecule has 1 heterocycles. The molecule has 0 saturated carbocycles. The third kappa shape index (κ3) is 3.56. The fourth-order valence-corrected chi connectivity index (χ4v) is 3.85. The molecule has 1 rings (SSSR count). The summed E-state index contributed by atoms with van der Waals surface area (Å²) in [6.07, 6.45) is 3.06. The van der Waals surface area contributed by atoms with Crippen molar-refractivity contribution >= 4 is 11.3 Å². The lowest BCUT2D eigenvalue weighted by Gasteiger charge is -2.46. The van der Waals surface area contributed by atoms with Gasteiger partial charge in [-0.2, -0.15) is 0 Å². The molecule has 1 atom stereocenters. The Balaban J connectivity index is 2.91. The van der Waals surface area contributed by atoms with E-state index >= 15 is 0 Å². The van der Waals surface area contributed by atoms with Gasteiger partial charge in [-0.3, -0.25) is 4.90 Å². The van der Waals surface area contributed by atoms with Crippen LogP contribution in [0.25, 0.3) is 0 Å². The minimum Gasteiger partial charge on any atom is -0.326 e. The van der Waals surface area contributed by atoms with Gasteiger partial charge in [0.05, 0.1) is 10.7 Å². The molecule has 1 unspecified atom stereocenters. The Kier molecular flexibility index (Phi) is 6.43. The largest absolute Gasteiger partial charge is 0.326 e. The maximum atomic E-state index is 6.59. The fourth-order valence-electron chi connectivity index (χ4n) is 3.23. The maximum Gasteiger partial charge on any atom is 0.0897 e. The lowest BCUT2D eigenvalue weighted by molar-refractivity contribution is 0.0626. The molecule has 0 aromatic carbocycles. The number of nitrogens with two attached hydrogens (primary N) is 1. The van der Waals surface area contributed by atoms with Crippen LogP contribution in [0.3, 0.4) is 0 Å². The van der Waals surface area contributed by atoms with Crippen LogP contribution in [0, 0.1) is 6.92 Å². The summed E-state index contributed by atoms with van der Waals surface area (Å²) in [4.78, 5) is 7.09. The van der Waals surface area contributed by atoms with Crippen LogP contribution in [0.2, 0.25) is 0 Å². The first-order valence-corrected chi connectivity index (χ1v) is 8.33. The molecule has 0 amide bonds. The van der Waals surface area contributed by atoms with E-state index in [9.17, 15) is 0 Å². The second kappa shape index (κ2) is 7.36. The van der Waals surface area contributed by atoms with E-state index in [4.69, 9.17) is 5.73 Å². The van der Waals surface area contributed by atoms with Gasteiger partial charge >= 0.3 is 0 Å². The summed E-state index contributed by atoms with van der Waals surface area (Å²) in [5.74, 6) is 0. The van der Waals surface area contributed by atoms with Crippen molar-refractivity contribution in [3.05, 3.63) is 16.1 Å². The van der Waals surface area contributed by atoms with Gasteiger partial charge in [0.25, 0.3) is 0 Å². The highest BCUT2D eigenvalue weighted by atomic mass is 32.1. The molecule has 1 aromatic heterocycles. The molecule has 19 heavy (non-hydrogen) atoms. The highest BCUT2D eigenvalue weighted by molar-refractivity contribution is 7.09. The van der Waals surface area contributed by atoms with Gasteiger partial charge in [0.15, 0.2) is 0 Å². The van der Waals surface area contributed by atoms with E-state index in [1.54, 1.807) is 11.3 Å². The van der Waals surface area contributed by atoms with Crippen molar-refractivity contribution in [1.82, 2.24) is 9.88 Å². The quantitative estimate of drug-likeness (QED) is 0.796. The van der Waals surface area contributed by atoms with Gasteiger partial charge in [-0.1, -0.05) is 27.7 Å². The van der Waals surface area contributed by atoms with Gasteiger partial charge in [-0.05, 0) is 32.9 Å². The van der Waals surface area contributed by atoms with Crippen LogP contribution in [0.1, 0.15) is 51.2 Å². The summed E-state index contributed by atoms with van der Waals surface area (Å²) >= 11 is 1.71. The Hall–Kier alpha value is -0.450. The molecular formula is C15H29N3S. The van der Waals surface area contributed by atoms with Gasteiger partial charge in [-0.15, -0.1) is 11.3 Å². The predicted octanol–water partition coefficient (Wildman–Crippen LogP) is 3.22. The smallest absolute Gasteiger partial charge is 0.0897 e. The first-order valence-electron chi connectivity index (χ1n) is 7.45. The molecule has 2 N–H and O–H groups in total. The Morgan fingerprint density at radius 1 is 1.26 bits per heavy atom. The molecule has 4 heteroatoms. The second-order valence-electron chi connectivity index (χ2n) is 5.15. The standard InChI is InChI=1S/C15H29N3S/c1-6-15(7-2,18(8-3)9-4)14(16)10-13-11-19-12(5)17-13/h11,14H,6-10,16H2,1-5H3. The first-order chi connectivity index (χ1) is 9.03. The van der Waals surface area contributed by atoms with Gasteiger partial charge in [0.1, 0.15) is 0 Å². The first kappa shape index (κ1) is 16.6. The lowest BCUT2D eigenvalue weighted by Crippen LogP contribution is -2.60. The topological polar surface area (TPSA) is 42.1 Å². The number of rotatable bonds is 8. The summed E-state index contributed by atoms with van der Waals surface area (Å²) < 4.78 is 0. The Morgan fingerprint density at radius 2 is 1.84 bits per heavy atom.